The van der Waals surface area contributed by atoms with E-state index in [0.717, 1.165) is 25.9 Å². The zero-order valence-electron chi connectivity index (χ0n) is 18.7. The minimum Gasteiger partial charge on any atom is -0.339 e. The Morgan fingerprint density at radius 3 is 2.44 bits per heavy atom. The van der Waals surface area contributed by atoms with Crippen LogP contribution in [-0.4, -0.2) is 41.6 Å². The van der Waals surface area contributed by atoms with Crippen LogP contribution in [0.1, 0.15) is 46.4 Å². The van der Waals surface area contributed by atoms with Gasteiger partial charge in [0.25, 0.3) is 11.8 Å². The standard InChI is InChI=1S/C26H26N4O4/c31-23(27-22-13-4-3-12-21(22)25(33)29-14-5-6-15-29)17-8-7-9-18(16-17)30-26(34)20-11-2-1-10-19(20)24(32)28-30/h1-4,7-9,12-13,16,19-20H,5-6,10-11,14-15H2,(H,27,31)(H,28,32)/t19-,20-/m1/s1. The van der Waals surface area contributed by atoms with Crippen LogP contribution in [0.5, 0.6) is 0 Å². The van der Waals surface area contributed by atoms with E-state index in [1.807, 2.05) is 12.2 Å². The van der Waals surface area contributed by atoms with Crippen LogP contribution in [0.4, 0.5) is 11.4 Å². The van der Waals surface area contributed by atoms with E-state index in [2.05, 4.69) is 10.7 Å². The number of anilines is 2. The zero-order chi connectivity index (χ0) is 23.7. The van der Waals surface area contributed by atoms with Gasteiger partial charge in [0, 0.05) is 18.7 Å². The number of fused-ring (bicyclic) bond motifs is 1. The van der Waals surface area contributed by atoms with Gasteiger partial charge in [-0.25, -0.2) is 5.01 Å². The largest absolute Gasteiger partial charge is 0.339 e. The highest BCUT2D eigenvalue weighted by Gasteiger charge is 2.42. The zero-order valence-corrected chi connectivity index (χ0v) is 18.7. The number of amides is 4. The quantitative estimate of drug-likeness (QED) is 0.688. The first kappa shape index (κ1) is 21.9. The van der Waals surface area contributed by atoms with Crippen molar-refractivity contribution in [3.63, 3.8) is 0 Å². The molecule has 2 saturated heterocycles. The first-order valence-corrected chi connectivity index (χ1v) is 11.6. The monoisotopic (exact) mass is 458 g/mol. The topological polar surface area (TPSA) is 98.8 Å². The molecule has 0 bridgehead atoms. The van der Waals surface area contributed by atoms with Gasteiger partial charge in [-0.05, 0) is 56.0 Å². The molecule has 2 heterocycles. The Bertz CT molecular complexity index is 1180. The van der Waals surface area contributed by atoms with Gasteiger partial charge in [0.1, 0.15) is 0 Å². The molecule has 8 heteroatoms. The number of hydrazine groups is 1. The molecule has 2 fully saturated rings. The number of rotatable bonds is 4. The number of para-hydroxylation sites is 1. The maximum atomic E-state index is 13.1. The number of benzene rings is 2. The molecule has 2 aromatic rings. The van der Waals surface area contributed by atoms with Crippen molar-refractivity contribution in [2.24, 2.45) is 11.8 Å². The van der Waals surface area contributed by atoms with Crippen molar-refractivity contribution < 1.29 is 19.2 Å². The summed E-state index contributed by atoms with van der Waals surface area (Å²) in [5.74, 6) is -1.64. The van der Waals surface area contributed by atoms with Crippen LogP contribution >= 0.6 is 0 Å². The van der Waals surface area contributed by atoms with Gasteiger partial charge in [-0.15, -0.1) is 0 Å². The van der Waals surface area contributed by atoms with Gasteiger partial charge in [-0.3, -0.25) is 24.6 Å². The molecule has 2 N–H and O–H groups in total. The Labute approximate surface area is 197 Å². The Morgan fingerprint density at radius 1 is 0.912 bits per heavy atom. The summed E-state index contributed by atoms with van der Waals surface area (Å²) in [6.07, 6.45) is 6.90. The summed E-state index contributed by atoms with van der Waals surface area (Å²) in [6, 6.07) is 13.5. The summed E-state index contributed by atoms with van der Waals surface area (Å²) in [7, 11) is 0. The van der Waals surface area contributed by atoms with Crippen LogP contribution in [0.2, 0.25) is 0 Å². The summed E-state index contributed by atoms with van der Waals surface area (Å²) >= 11 is 0. The molecule has 8 nitrogen and oxygen atoms in total. The lowest BCUT2D eigenvalue weighted by Gasteiger charge is -2.38. The number of carbonyl (C=O) groups excluding carboxylic acids is 4. The molecule has 4 amide bonds. The number of nitrogens with one attached hydrogen (secondary N) is 2. The predicted molar refractivity (Wildman–Crippen MR) is 127 cm³/mol. The van der Waals surface area contributed by atoms with Crippen LogP contribution in [0, 0.1) is 11.8 Å². The third-order valence-corrected chi connectivity index (χ3v) is 6.69. The van der Waals surface area contributed by atoms with E-state index in [9.17, 15) is 19.2 Å². The molecule has 2 aliphatic heterocycles. The van der Waals surface area contributed by atoms with Gasteiger partial charge >= 0.3 is 0 Å². The second-order valence-corrected chi connectivity index (χ2v) is 8.85. The summed E-state index contributed by atoms with van der Waals surface area (Å²) in [5.41, 5.74) is 4.30. The van der Waals surface area contributed by atoms with Crippen molar-refractivity contribution in [1.82, 2.24) is 10.3 Å². The second kappa shape index (κ2) is 9.13. The minimum atomic E-state index is -0.405. The number of hydrogen-bond acceptors (Lipinski definition) is 4. The van der Waals surface area contributed by atoms with E-state index in [4.69, 9.17) is 0 Å². The third-order valence-electron chi connectivity index (χ3n) is 6.69. The van der Waals surface area contributed by atoms with E-state index < -0.39 is 11.8 Å². The van der Waals surface area contributed by atoms with Crippen molar-refractivity contribution in [3.8, 4) is 0 Å². The molecule has 1 aliphatic carbocycles. The normalized spacial score (nSPS) is 21.8. The SMILES string of the molecule is O=C(Nc1ccccc1C(=O)N1CCCC1)c1cccc(N2NC(=O)[C@@H]3CC=CC[C@H]3C2=O)c1. The molecule has 2 atom stereocenters. The molecule has 0 spiro atoms. The second-order valence-electron chi connectivity index (χ2n) is 8.85. The number of likely N-dealkylation sites (tertiary alicyclic amines) is 1. The Balaban J connectivity index is 1.36. The van der Waals surface area contributed by atoms with E-state index in [0.29, 0.717) is 35.3 Å². The summed E-state index contributed by atoms with van der Waals surface area (Å²) in [4.78, 5) is 53.4. The van der Waals surface area contributed by atoms with Gasteiger partial charge in [-0.1, -0.05) is 30.4 Å². The van der Waals surface area contributed by atoms with Crippen molar-refractivity contribution in [2.75, 3.05) is 23.4 Å². The van der Waals surface area contributed by atoms with Crippen LogP contribution in [-0.2, 0) is 9.59 Å². The molecule has 174 valence electrons. The molecule has 5 rings (SSSR count). The van der Waals surface area contributed by atoms with E-state index >= 15 is 0 Å². The van der Waals surface area contributed by atoms with Gasteiger partial charge in [0.05, 0.1) is 28.8 Å². The van der Waals surface area contributed by atoms with Crippen LogP contribution in [0.25, 0.3) is 0 Å². The highest BCUT2D eigenvalue weighted by atomic mass is 16.2. The highest BCUT2D eigenvalue weighted by Crippen LogP contribution is 2.32. The average Bonchev–Trinajstić information content (AvgIpc) is 3.41. The maximum Gasteiger partial charge on any atom is 0.255 e. The lowest BCUT2D eigenvalue weighted by atomic mass is 9.80. The van der Waals surface area contributed by atoms with E-state index in [1.165, 1.54) is 5.01 Å². The number of carbonyl (C=O) groups is 4. The highest BCUT2D eigenvalue weighted by molar-refractivity contribution is 6.10. The first-order valence-electron chi connectivity index (χ1n) is 11.6. The van der Waals surface area contributed by atoms with Crippen molar-refractivity contribution in [3.05, 3.63) is 71.8 Å². The molecular formula is C26H26N4O4. The molecular weight excluding hydrogens is 432 g/mol. The van der Waals surface area contributed by atoms with E-state index in [-0.39, 0.29) is 23.6 Å². The van der Waals surface area contributed by atoms with Crippen molar-refractivity contribution in [2.45, 2.75) is 25.7 Å². The smallest absolute Gasteiger partial charge is 0.255 e. The number of hydrogen-bond donors (Lipinski definition) is 2. The van der Waals surface area contributed by atoms with Gasteiger partial charge < -0.3 is 10.2 Å². The minimum absolute atomic E-state index is 0.0973. The molecule has 0 unspecified atom stereocenters. The van der Waals surface area contributed by atoms with Crippen molar-refractivity contribution in [1.29, 1.82) is 0 Å². The van der Waals surface area contributed by atoms with E-state index in [1.54, 1.807) is 53.4 Å². The fraction of sp³-hybridized carbons (Fsp3) is 0.308. The van der Waals surface area contributed by atoms with Crippen LogP contribution in [0.3, 0.4) is 0 Å². The lowest BCUT2D eigenvalue weighted by molar-refractivity contribution is -0.139. The molecule has 0 aromatic heterocycles. The van der Waals surface area contributed by atoms with Crippen LogP contribution in [0.15, 0.2) is 60.7 Å². The maximum absolute atomic E-state index is 13.1. The van der Waals surface area contributed by atoms with Gasteiger partial charge in [0.15, 0.2) is 0 Å². The molecule has 0 radical (unpaired) electrons. The Kier molecular flexibility index (Phi) is 5.88. The summed E-state index contributed by atoms with van der Waals surface area (Å²) < 4.78 is 0. The predicted octanol–water partition coefficient (Wildman–Crippen LogP) is 3.14. The summed E-state index contributed by atoms with van der Waals surface area (Å²) in [5, 5.41) is 4.08. The molecule has 34 heavy (non-hydrogen) atoms. The van der Waals surface area contributed by atoms with Gasteiger partial charge in [-0.2, -0.15) is 0 Å². The fourth-order valence-corrected chi connectivity index (χ4v) is 4.83. The Hall–Kier alpha value is -3.94. The molecule has 2 aromatic carbocycles. The Morgan fingerprint density at radius 2 is 1.65 bits per heavy atom. The lowest BCUT2D eigenvalue weighted by Crippen LogP contribution is -2.59. The third kappa shape index (κ3) is 4.07. The molecule has 3 aliphatic rings. The van der Waals surface area contributed by atoms with Crippen LogP contribution < -0.4 is 15.8 Å². The fourth-order valence-electron chi connectivity index (χ4n) is 4.83. The average molecular weight is 459 g/mol. The van der Waals surface area contributed by atoms with Gasteiger partial charge in [0.2, 0.25) is 11.8 Å². The number of nitrogens with zero attached hydrogens (tertiary/aromatic N) is 2. The first-order chi connectivity index (χ1) is 16.5. The number of allylic oxidation sites excluding steroid dienone is 2. The summed E-state index contributed by atoms with van der Waals surface area (Å²) in [6.45, 7) is 1.44. The van der Waals surface area contributed by atoms with Crippen molar-refractivity contribution >= 4 is 35.0 Å². The molecule has 0 saturated carbocycles.